The lowest BCUT2D eigenvalue weighted by Crippen LogP contribution is -2.18. The van der Waals surface area contributed by atoms with Gasteiger partial charge in [0, 0.05) is 21.3 Å². The first-order chi connectivity index (χ1) is 10.5. The number of phenols is 1. The van der Waals surface area contributed by atoms with Crippen molar-refractivity contribution in [2.75, 3.05) is 0 Å². The molecule has 0 aromatic heterocycles. The van der Waals surface area contributed by atoms with Gasteiger partial charge in [-0.3, -0.25) is 14.9 Å². The quantitative estimate of drug-likeness (QED) is 0.349. The molecule has 0 bridgehead atoms. The smallest absolute Gasteiger partial charge is 0.272 e. The van der Waals surface area contributed by atoms with Crippen LogP contribution in [0, 0.1) is 13.7 Å². The Kier molecular flexibility index (Phi) is 5.04. The number of amides is 1. The van der Waals surface area contributed by atoms with E-state index >= 15 is 0 Å². The minimum atomic E-state index is -0.582. The van der Waals surface area contributed by atoms with Gasteiger partial charge >= 0.3 is 0 Å². The average Bonchev–Trinajstić information content (AvgIpc) is 2.49. The Morgan fingerprint density at radius 3 is 2.73 bits per heavy atom. The molecule has 0 aliphatic carbocycles. The van der Waals surface area contributed by atoms with E-state index in [0.717, 1.165) is 15.9 Å². The normalized spacial score (nSPS) is 10.6. The van der Waals surface area contributed by atoms with Crippen LogP contribution < -0.4 is 5.43 Å². The molecule has 0 heterocycles. The molecule has 2 aromatic rings. The lowest BCUT2D eigenvalue weighted by Gasteiger charge is -2.02. The number of aromatic hydroxyl groups is 1. The maximum Gasteiger partial charge on any atom is 0.272 e. The molecule has 0 aliphatic heterocycles. The number of non-ortho nitro benzene ring substituents is 1. The van der Waals surface area contributed by atoms with Gasteiger partial charge in [-0.15, -0.1) is 0 Å². The number of benzene rings is 2. The summed E-state index contributed by atoms with van der Waals surface area (Å²) in [5.74, 6) is -0.580. The van der Waals surface area contributed by atoms with Crippen molar-refractivity contribution in [3.63, 3.8) is 0 Å². The average molecular weight is 411 g/mol. The van der Waals surface area contributed by atoms with Gasteiger partial charge in [0.1, 0.15) is 5.75 Å². The molecule has 0 saturated carbocycles. The van der Waals surface area contributed by atoms with Crippen LogP contribution in [0.2, 0.25) is 0 Å². The van der Waals surface area contributed by atoms with Gasteiger partial charge in [-0.05, 0) is 40.8 Å². The zero-order valence-corrected chi connectivity index (χ0v) is 13.2. The summed E-state index contributed by atoms with van der Waals surface area (Å²) < 4.78 is 0.769. The van der Waals surface area contributed by atoms with E-state index in [4.69, 9.17) is 0 Å². The van der Waals surface area contributed by atoms with Gasteiger partial charge in [0.25, 0.3) is 11.6 Å². The number of hydrazone groups is 1. The van der Waals surface area contributed by atoms with Crippen LogP contribution in [0.5, 0.6) is 5.75 Å². The predicted molar refractivity (Wildman–Crippen MR) is 89.0 cm³/mol. The number of phenolic OH excluding ortho intramolecular Hbond substituents is 1. The van der Waals surface area contributed by atoms with Crippen LogP contribution in [0.4, 0.5) is 5.69 Å². The fourth-order valence-electron chi connectivity index (χ4n) is 1.62. The molecule has 0 atom stereocenters. The number of carbonyl (C=O) groups excluding carboxylic acids is 1. The molecule has 0 spiro atoms. The number of carbonyl (C=O) groups is 1. The summed E-state index contributed by atoms with van der Waals surface area (Å²) in [7, 11) is 0. The van der Waals surface area contributed by atoms with Crippen molar-refractivity contribution in [1.82, 2.24) is 5.43 Å². The monoisotopic (exact) mass is 411 g/mol. The molecule has 2 aromatic carbocycles. The van der Waals surface area contributed by atoms with Gasteiger partial charge in [0.2, 0.25) is 0 Å². The Hall–Kier alpha value is -2.49. The lowest BCUT2D eigenvalue weighted by molar-refractivity contribution is -0.384. The first kappa shape index (κ1) is 15.9. The summed E-state index contributed by atoms with van der Waals surface area (Å²) >= 11 is 2.03. The van der Waals surface area contributed by atoms with Crippen LogP contribution in [0.3, 0.4) is 0 Å². The number of hydrogen-bond donors (Lipinski definition) is 2. The van der Waals surface area contributed by atoms with Gasteiger partial charge in [-0.25, -0.2) is 5.43 Å². The third kappa shape index (κ3) is 3.79. The number of nitrogens with zero attached hydrogens (tertiary/aromatic N) is 2. The Morgan fingerprint density at radius 1 is 1.32 bits per heavy atom. The van der Waals surface area contributed by atoms with Gasteiger partial charge in [-0.1, -0.05) is 12.1 Å². The van der Waals surface area contributed by atoms with E-state index in [2.05, 4.69) is 10.5 Å². The second kappa shape index (κ2) is 6.98. The van der Waals surface area contributed by atoms with Crippen molar-refractivity contribution < 1.29 is 14.8 Å². The molecular formula is C14H10IN3O4. The lowest BCUT2D eigenvalue weighted by atomic mass is 10.2. The van der Waals surface area contributed by atoms with Crippen molar-refractivity contribution in [2.45, 2.75) is 0 Å². The molecule has 0 saturated heterocycles. The number of hydrogen-bond acceptors (Lipinski definition) is 5. The number of rotatable bonds is 4. The van der Waals surface area contributed by atoms with Gasteiger partial charge in [0.05, 0.1) is 16.7 Å². The largest absolute Gasteiger partial charge is 0.507 e. The van der Waals surface area contributed by atoms with Crippen LogP contribution >= 0.6 is 22.6 Å². The molecule has 112 valence electrons. The number of nitro groups is 1. The zero-order chi connectivity index (χ0) is 16.1. The second-order valence-corrected chi connectivity index (χ2v) is 5.34. The highest BCUT2D eigenvalue weighted by Gasteiger charge is 2.10. The molecule has 7 nitrogen and oxygen atoms in total. The van der Waals surface area contributed by atoms with E-state index < -0.39 is 10.8 Å². The van der Waals surface area contributed by atoms with Crippen LogP contribution in [-0.4, -0.2) is 22.2 Å². The second-order valence-electron chi connectivity index (χ2n) is 4.18. The number of nitro benzene ring substituents is 1. The van der Waals surface area contributed by atoms with Crippen molar-refractivity contribution in [1.29, 1.82) is 0 Å². The molecule has 0 unspecified atom stereocenters. The van der Waals surface area contributed by atoms with E-state index in [9.17, 15) is 20.0 Å². The zero-order valence-electron chi connectivity index (χ0n) is 11.1. The van der Waals surface area contributed by atoms with Crippen LogP contribution in [0.15, 0.2) is 47.6 Å². The molecule has 2 N–H and O–H groups in total. The van der Waals surface area contributed by atoms with Crippen molar-refractivity contribution >= 4 is 40.4 Å². The molecule has 8 heteroatoms. The summed E-state index contributed by atoms with van der Waals surface area (Å²) in [6, 6.07) is 10.5. The summed E-state index contributed by atoms with van der Waals surface area (Å²) in [6.45, 7) is 0. The molecule has 22 heavy (non-hydrogen) atoms. The third-order valence-corrected chi connectivity index (χ3v) is 3.65. The highest BCUT2D eigenvalue weighted by Crippen LogP contribution is 2.21. The summed E-state index contributed by atoms with van der Waals surface area (Å²) in [5, 5.41) is 24.0. The van der Waals surface area contributed by atoms with E-state index in [1.54, 1.807) is 18.2 Å². The Balaban J connectivity index is 2.13. The fourth-order valence-corrected chi connectivity index (χ4v) is 2.26. The maximum atomic E-state index is 11.9. The van der Waals surface area contributed by atoms with Crippen LogP contribution in [0.1, 0.15) is 15.9 Å². The molecule has 0 fully saturated rings. The van der Waals surface area contributed by atoms with Gasteiger partial charge in [-0.2, -0.15) is 5.10 Å². The van der Waals surface area contributed by atoms with Crippen LogP contribution in [0.25, 0.3) is 0 Å². The highest BCUT2D eigenvalue weighted by molar-refractivity contribution is 14.1. The standard InChI is InChI=1S/C14H10IN3O4/c15-12-4-2-1-3-11(12)14(20)17-16-8-9-7-10(18(21)22)5-6-13(9)19/h1-8,19H,(H,17,20). The maximum absolute atomic E-state index is 11.9. The van der Waals surface area contributed by atoms with E-state index in [1.807, 2.05) is 28.7 Å². The van der Waals surface area contributed by atoms with E-state index in [-0.39, 0.29) is 17.0 Å². The van der Waals surface area contributed by atoms with Crippen LogP contribution in [-0.2, 0) is 0 Å². The fraction of sp³-hybridized carbons (Fsp3) is 0. The first-order valence-corrected chi connectivity index (χ1v) is 7.12. The first-order valence-electron chi connectivity index (χ1n) is 6.04. The Bertz CT molecular complexity index is 762. The molecular weight excluding hydrogens is 401 g/mol. The van der Waals surface area contributed by atoms with Crippen molar-refractivity contribution in [3.8, 4) is 5.75 Å². The number of halogens is 1. The summed E-state index contributed by atoms with van der Waals surface area (Å²) in [4.78, 5) is 22.0. The SMILES string of the molecule is O=C(NN=Cc1cc([N+](=O)[O-])ccc1O)c1ccccc1I. The predicted octanol–water partition coefficient (Wildman–Crippen LogP) is 2.67. The molecule has 2 rings (SSSR count). The minimum absolute atomic E-state index is 0.136. The van der Waals surface area contributed by atoms with Crippen molar-refractivity contribution in [2.24, 2.45) is 5.10 Å². The van der Waals surface area contributed by atoms with Crippen molar-refractivity contribution in [3.05, 3.63) is 67.3 Å². The Labute approximate surface area is 139 Å². The highest BCUT2D eigenvalue weighted by atomic mass is 127. The molecule has 0 aliphatic rings. The summed E-state index contributed by atoms with van der Waals surface area (Å²) in [5.41, 5.74) is 2.73. The van der Waals surface area contributed by atoms with Gasteiger partial charge < -0.3 is 5.11 Å². The Morgan fingerprint density at radius 2 is 2.05 bits per heavy atom. The molecule has 1 amide bonds. The number of nitrogens with one attached hydrogen (secondary N) is 1. The van der Waals surface area contributed by atoms with E-state index in [1.165, 1.54) is 12.1 Å². The third-order valence-electron chi connectivity index (χ3n) is 2.71. The van der Waals surface area contributed by atoms with E-state index in [0.29, 0.717) is 5.56 Å². The minimum Gasteiger partial charge on any atom is -0.507 e. The van der Waals surface area contributed by atoms with Gasteiger partial charge in [0.15, 0.2) is 0 Å². The molecule has 0 radical (unpaired) electrons. The topological polar surface area (TPSA) is 105 Å². The summed E-state index contributed by atoms with van der Waals surface area (Å²) in [6.07, 6.45) is 1.15.